The van der Waals surface area contributed by atoms with Gasteiger partial charge in [0.15, 0.2) is 0 Å². The van der Waals surface area contributed by atoms with Crippen LogP contribution in [0.4, 0.5) is 0 Å². The molecular formula is C12H13B3O6S. The second kappa shape index (κ2) is 7.74. The lowest BCUT2D eigenvalue weighted by Crippen LogP contribution is -2.18. The number of hydrogen-bond donors (Lipinski definition) is 2. The van der Waals surface area contributed by atoms with Crippen molar-refractivity contribution in [3.63, 3.8) is 0 Å². The molecule has 112 valence electrons. The third-order valence-electron chi connectivity index (χ3n) is 2.98. The molecule has 1 rings (SSSR count). The third-order valence-corrected chi connectivity index (χ3v) is 3.67. The fraction of sp³-hybridized carbons (Fsp3) is 0.417. The summed E-state index contributed by atoms with van der Waals surface area (Å²) in [5.41, 5.74) is 0.862. The van der Waals surface area contributed by atoms with Crippen molar-refractivity contribution in [3.8, 4) is 5.75 Å². The predicted molar refractivity (Wildman–Crippen MR) is 83.2 cm³/mol. The zero-order chi connectivity index (χ0) is 16.9. The minimum absolute atomic E-state index is 0.0185. The van der Waals surface area contributed by atoms with E-state index in [0.29, 0.717) is 11.1 Å². The number of hydrogen-bond acceptors (Lipinski definition) is 5. The highest BCUT2D eigenvalue weighted by molar-refractivity contribution is 7.85. The highest BCUT2D eigenvalue weighted by atomic mass is 32.2. The summed E-state index contributed by atoms with van der Waals surface area (Å²) in [5.74, 6) is -1.84. The Morgan fingerprint density at radius 3 is 2.18 bits per heavy atom. The number of aromatic hydroxyl groups is 1. The van der Waals surface area contributed by atoms with Crippen molar-refractivity contribution in [2.45, 2.75) is 19.0 Å². The predicted octanol–water partition coefficient (Wildman–Crippen LogP) is -0.558. The molecule has 0 fully saturated rings. The fourth-order valence-electron chi connectivity index (χ4n) is 1.94. The summed E-state index contributed by atoms with van der Waals surface area (Å²) in [6.07, 6.45) is -0.150. The molecule has 0 saturated heterocycles. The van der Waals surface area contributed by atoms with Crippen LogP contribution in [-0.4, -0.2) is 59.9 Å². The summed E-state index contributed by atoms with van der Waals surface area (Å²) in [6.45, 7) is -0.537. The van der Waals surface area contributed by atoms with Crippen molar-refractivity contribution >= 4 is 39.6 Å². The van der Waals surface area contributed by atoms with Crippen LogP contribution in [0.25, 0.3) is 0 Å². The number of esters is 1. The van der Waals surface area contributed by atoms with E-state index in [1.807, 2.05) is 0 Å². The largest absolute Gasteiger partial charge is 0.507 e. The Morgan fingerprint density at radius 2 is 1.73 bits per heavy atom. The average molecular weight is 318 g/mol. The van der Waals surface area contributed by atoms with Crippen molar-refractivity contribution < 1.29 is 27.6 Å². The van der Waals surface area contributed by atoms with Gasteiger partial charge in [0.05, 0.1) is 29.1 Å². The number of carbonyl (C=O) groups is 1. The maximum absolute atomic E-state index is 12.1. The van der Waals surface area contributed by atoms with Crippen LogP contribution in [-0.2, 0) is 33.8 Å². The van der Waals surface area contributed by atoms with Crippen LogP contribution in [0.3, 0.4) is 0 Å². The van der Waals surface area contributed by atoms with E-state index in [-0.39, 0.29) is 35.8 Å². The summed E-state index contributed by atoms with van der Waals surface area (Å²) in [7, 11) is 12.4. The van der Waals surface area contributed by atoms with Crippen LogP contribution in [0.1, 0.15) is 27.0 Å². The topological polar surface area (TPSA) is 101 Å². The molecule has 1 aromatic rings. The standard InChI is InChI=1S/C12H13B3O6S/c13-4-7-3-8(5-14)11(16)9(6-15)10(7)12(17)21-1-2-22(18,19)20/h3,16H,1-2,4-6H2,(H,18,19,20). The summed E-state index contributed by atoms with van der Waals surface area (Å²) >= 11 is 0. The van der Waals surface area contributed by atoms with Crippen LogP contribution in [0.5, 0.6) is 5.75 Å². The number of benzene rings is 1. The first kappa shape index (κ1) is 18.6. The SMILES string of the molecule is [B]Cc1cc(C[B])c(C(=O)OCCS(=O)(=O)O)c(C[B])c1O. The van der Waals surface area contributed by atoms with Crippen LogP contribution in [0, 0.1) is 0 Å². The van der Waals surface area contributed by atoms with Gasteiger partial charge in [-0.25, -0.2) is 4.79 Å². The van der Waals surface area contributed by atoms with Gasteiger partial charge in [-0.15, -0.1) is 0 Å². The Labute approximate surface area is 133 Å². The molecule has 0 bridgehead atoms. The van der Waals surface area contributed by atoms with Gasteiger partial charge in [0, 0.05) is 5.56 Å². The molecule has 0 unspecified atom stereocenters. The first-order valence-electron chi connectivity index (χ1n) is 6.34. The van der Waals surface area contributed by atoms with Gasteiger partial charge in [0.25, 0.3) is 10.1 Å². The molecule has 0 aliphatic rings. The van der Waals surface area contributed by atoms with Gasteiger partial charge in [-0.2, -0.15) is 8.42 Å². The summed E-state index contributed by atoms with van der Waals surface area (Å²) in [5, 5.41) is 10.0. The minimum Gasteiger partial charge on any atom is -0.507 e. The molecule has 0 saturated carbocycles. The van der Waals surface area contributed by atoms with Gasteiger partial charge >= 0.3 is 5.97 Å². The maximum Gasteiger partial charge on any atom is 0.338 e. The van der Waals surface area contributed by atoms with E-state index in [1.165, 1.54) is 6.07 Å². The van der Waals surface area contributed by atoms with Crippen molar-refractivity contribution in [1.29, 1.82) is 0 Å². The van der Waals surface area contributed by atoms with Crippen molar-refractivity contribution in [3.05, 3.63) is 28.3 Å². The van der Waals surface area contributed by atoms with Crippen LogP contribution < -0.4 is 0 Å². The van der Waals surface area contributed by atoms with Gasteiger partial charge in [0.1, 0.15) is 18.1 Å². The van der Waals surface area contributed by atoms with E-state index in [2.05, 4.69) is 0 Å². The molecule has 0 amide bonds. The number of rotatable bonds is 7. The van der Waals surface area contributed by atoms with Gasteiger partial charge < -0.3 is 9.84 Å². The van der Waals surface area contributed by atoms with E-state index >= 15 is 0 Å². The molecule has 0 aliphatic carbocycles. The summed E-state index contributed by atoms with van der Waals surface area (Å²) < 4.78 is 34.6. The highest BCUT2D eigenvalue weighted by Crippen LogP contribution is 2.30. The molecule has 0 atom stereocenters. The molecular weight excluding hydrogens is 305 g/mol. The van der Waals surface area contributed by atoms with Crippen molar-refractivity contribution in [1.82, 2.24) is 0 Å². The lowest BCUT2D eigenvalue weighted by molar-refractivity contribution is 0.0525. The van der Waals surface area contributed by atoms with Gasteiger partial charge in [0.2, 0.25) is 0 Å². The zero-order valence-corrected chi connectivity index (χ0v) is 12.6. The van der Waals surface area contributed by atoms with Crippen molar-refractivity contribution in [2.75, 3.05) is 12.4 Å². The normalized spacial score (nSPS) is 11.3. The first-order valence-corrected chi connectivity index (χ1v) is 7.95. The molecule has 6 nitrogen and oxygen atoms in total. The molecule has 1 aromatic carbocycles. The Kier molecular flexibility index (Phi) is 6.56. The lowest BCUT2D eigenvalue weighted by Gasteiger charge is -2.17. The third kappa shape index (κ3) is 4.54. The minimum atomic E-state index is -4.24. The summed E-state index contributed by atoms with van der Waals surface area (Å²) in [6, 6.07) is 1.47. The highest BCUT2D eigenvalue weighted by Gasteiger charge is 2.21. The molecule has 0 aromatic heterocycles. The monoisotopic (exact) mass is 318 g/mol. The molecule has 10 heteroatoms. The van der Waals surface area contributed by atoms with Crippen LogP contribution >= 0.6 is 0 Å². The van der Waals surface area contributed by atoms with E-state index in [4.69, 9.17) is 32.8 Å². The van der Waals surface area contributed by atoms with E-state index < -0.39 is 28.4 Å². The fourth-order valence-corrected chi connectivity index (χ4v) is 2.23. The first-order chi connectivity index (χ1) is 10.2. The number of ether oxygens (including phenoxy) is 1. The second-order valence-corrected chi connectivity index (χ2v) is 6.00. The number of phenolic OH excluding ortho intramolecular Hbond substituents is 1. The number of carbonyl (C=O) groups excluding carboxylic acids is 1. The van der Waals surface area contributed by atoms with Crippen LogP contribution in [0.2, 0.25) is 0 Å². The Hall–Kier alpha value is -1.41. The van der Waals surface area contributed by atoms with Crippen LogP contribution in [0.15, 0.2) is 6.07 Å². The Bertz CT molecular complexity index is 659. The average Bonchev–Trinajstić information content (AvgIpc) is 2.45. The number of phenols is 1. The lowest BCUT2D eigenvalue weighted by atomic mass is 9.81. The van der Waals surface area contributed by atoms with E-state index in [1.54, 1.807) is 0 Å². The van der Waals surface area contributed by atoms with E-state index in [0.717, 1.165) is 0 Å². The molecule has 6 radical (unpaired) electrons. The second-order valence-electron chi connectivity index (χ2n) is 4.43. The van der Waals surface area contributed by atoms with E-state index in [9.17, 15) is 18.3 Å². The van der Waals surface area contributed by atoms with Gasteiger partial charge in [-0.05, 0) is 11.1 Å². The zero-order valence-electron chi connectivity index (χ0n) is 11.8. The van der Waals surface area contributed by atoms with Gasteiger partial charge in [-0.3, -0.25) is 4.55 Å². The van der Waals surface area contributed by atoms with Gasteiger partial charge in [-0.1, -0.05) is 25.0 Å². The molecule has 0 aliphatic heterocycles. The maximum atomic E-state index is 12.1. The quantitative estimate of drug-likeness (QED) is 0.397. The molecule has 22 heavy (non-hydrogen) atoms. The smallest absolute Gasteiger partial charge is 0.338 e. The Balaban J connectivity index is 3.16. The molecule has 0 spiro atoms. The molecule has 0 heterocycles. The summed E-state index contributed by atoms with van der Waals surface area (Å²) in [4.78, 5) is 12.1. The molecule has 2 N–H and O–H groups in total. The Morgan fingerprint density at radius 1 is 1.14 bits per heavy atom. The van der Waals surface area contributed by atoms with Crippen molar-refractivity contribution in [2.24, 2.45) is 0 Å².